The maximum absolute atomic E-state index is 12.5. The summed E-state index contributed by atoms with van der Waals surface area (Å²) in [5.74, 6) is 1.07. The van der Waals surface area contributed by atoms with Gasteiger partial charge >= 0.3 is 0 Å². The Hall–Kier alpha value is -4.79. The van der Waals surface area contributed by atoms with Crippen molar-refractivity contribution in [1.82, 2.24) is 10.5 Å². The second-order valence-corrected chi connectivity index (χ2v) is 13.5. The van der Waals surface area contributed by atoms with E-state index in [-0.39, 0.29) is 29.5 Å². The van der Waals surface area contributed by atoms with Gasteiger partial charge in [0.15, 0.2) is 16.8 Å². The fourth-order valence-electron chi connectivity index (χ4n) is 5.53. The van der Waals surface area contributed by atoms with E-state index >= 15 is 0 Å². The molecule has 6 rings (SSSR count). The minimum absolute atomic E-state index is 0.0105. The first-order valence-corrected chi connectivity index (χ1v) is 16.5. The molecule has 0 aliphatic heterocycles. The first kappa shape index (κ1) is 31.2. The molecule has 0 saturated carbocycles. The van der Waals surface area contributed by atoms with E-state index in [2.05, 4.69) is 61.6 Å². The zero-order chi connectivity index (χ0) is 32.3. The summed E-state index contributed by atoms with van der Waals surface area (Å²) in [5, 5.41) is 8.29. The first-order chi connectivity index (χ1) is 22.1. The minimum Gasteiger partial charge on any atom is -0.456 e. The summed E-state index contributed by atoms with van der Waals surface area (Å²) in [6, 6.07) is 36.2. The predicted molar refractivity (Wildman–Crippen MR) is 182 cm³/mol. The van der Waals surface area contributed by atoms with Gasteiger partial charge in [-0.2, -0.15) is 0 Å². The Kier molecular flexibility index (Phi) is 9.01. The molecule has 0 radical (unpaired) electrons. The number of nitrogens with one attached hydrogen (secondary N) is 1. The highest BCUT2D eigenvalue weighted by atomic mass is 32.2. The number of carbonyl (C=O) groups is 1. The van der Waals surface area contributed by atoms with Gasteiger partial charge < -0.3 is 18.8 Å². The molecule has 6 aromatic rings. The minimum atomic E-state index is -1.95. The largest absolute Gasteiger partial charge is 0.456 e. The van der Waals surface area contributed by atoms with Crippen LogP contribution in [0, 0.1) is 0 Å². The highest BCUT2D eigenvalue weighted by Crippen LogP contribution is 2.35. The quantitative estimate of drug-likeness (QED) is 0.147. The van der Waals surface area contributed by atoms with Crippen molar-refractivity contribution in [3.05, 3.63) is 137 Å². The van der Waals surface area contributed by atoms with Crippen molar-refractivity contribution < 1.29 is 22.5 Å². The Morgan fingerprint density at radius 2 is 1.59 bits per heavy atom. The summed E-state index contributed by atoms with van der Waals surface area (Å²) in [6.07, 6.45) is 0.644. The van der Waals surface area contributed by atoms with Gasteiger partial charge in [-0.25, -0.2) is 4.21 Å². The molecule has 7 nitrogen and oxygen atoms in total. The van der Waals surface area contributed by atoms with Gasteiger partial charge in [0.25, 0.3) is 5.91 Å². The lowest BCUT2D eigenvalue weighted by atomic mass is 9.83. The SMILES string of the molecule is CC(C)(C)c1ccc(C(Cc2ccc(C(=O)NCCS(=O)O)cc2)c2cc(-c3cccc(-c4cc5ccccc5o4)c3)on2)cc1. The van der Waals surface area contributed by atoms with Crippen LogP contribution in [0.2, 0.25) is 0 Å². The van der Waals surface area contributed by atoms with Crippen molar-refractivity contribution in [2.24, 2.45) is 0 Å². The number of aromatic nitrogens is 1. The van der Waals surface area contributed by atoms with Crippen molar-refractivity contribution in [1.29, 1.82) is 0 Å². The number of furan rings is 1. The third-order valence-corrected chi connectivity index (χ3v) is 8.69. The summed E-state index contributed by atoms with van der Waals surface area (Å²) < 4.78 is 31.9. The van der Waals surface area contributed by atoms with Crippen LogP contribution in [0.15, 0.2) is 118 Å². The molecule has 0 fully saturated rings. The van der Waals surface area contributed by atoms with Crippen molar-refractivity contribution in [3.63, 3.8) is 0 Å². The molecule has 2 heterocycles. The van der Waals surface area contributed by atoms with Crippen LogP contribution in [0.3, 0.4) is 0 Å². The molecule has 0 aliphatic carbocycles. The Labute approximate surface area is 270 Å². The number of benzene rings is 4. The van der Waals surface area contributed by atoms with Crippen LogP contribution in [0.4, 0.5) is 0 Å². The molecule has 0 aliphatic rings. The monoisotopic (exact) mass is 632 g/mol. The Balaban J connectivity index is 1.28. The van der Waals surface area contributed by atoms with Crippen molar-refractivity contribution in [2.75, 3.05) is 12.3 Å². The van der Waals surface area contributed by atoms with Gasteiger partial charge in [-0.1, -0.05) is 98.7 Å². The molecule has 8 heteroatoms. The van der Waals surface area contributed by atoms with Crippen LogP contribution < -0.4 is 5.32 Å². The fourth-order valence-corrected chi connectivity index (χ4v) is 5.81. The average Bonchev–Trinajstić information content (AvgIpc) is 3.72. The normalized spacial score (nSPS) is 13.0. The van der Waals surface area contributed by atoms with Gasteiger partial charge in [0.05, 0.1) is 11.4 Å². The van der Waals surface area contributed by atoms with E-state index in [1.807, 2.05) is 66.7 Å². The summed E-state index contributed by atoms with van der Waals surface area (Å²) in [7, 11) is 0. The van der Waals surface area contributed by atoms with Crippen LogP contribution in [0.25, 0.3) is 33.6 Å². The van der Waals surface area contributed by atoms with Gasteiger partial charge in [-0.3, -0.25) is 4.79 Å². The summed E-state index contributed by atoms with van der Waals surface area (Å²) in [5.41, 5.74) is 7.43. The molecule has 2 unspecified atom stereocenters. The molecule has 234 valence electrons. The first-order valence-electron chi connectivity index (χ1n) is 15.2. The highest BCUT2D eigenvalue weighted by molar-refractivity contribution is 7.79. The highest BCUT2D eigenvalue weighted by Gasteiger charge is 2.22. The van der Waals surface area contributed by atoms with Crippen molar-refractivity contribution in [3.8, 4) is 22.6 Å². The Morgan fingerprint density at radius 3 is 2.28 bits per heavy atom. The van der Waals surface area contributed by atoms with E-state index in [1.54, 1.807) is 12.1 Å². The second-order valence-electron chi connectivity index (χ2n) is 12.5. The van der Waals surface area contributed by atoms with Gasteiger partial charge in [0.1, 0.15) is 11.3 Å². The smallest absolute Gasteiger partial charge is 0.251 e. The molecule has 0 spiro atoms. The van der Waals surface area contributed by atoms with E-state index in [0.717, 1.165) is 44.7 Å². The average molecular weight is 633 g/mol. The fraction of sp³-hybridized carbons (Fsp3) is 0.211. The van der Waals surface area contributed by atoms with Gasteiger partial charge in [-0.15, -0.1) is 0 Å². The number of rotatable bonds is 10. The number of amides is 1. The topological polar surface area (TPSA) is 106 Å². The molecule has 2 N–H and O–H groups in total. The van der Waals surface area contributed by atoms with Crippen LogP contribution in [0.1, 0.15) is 59.4 Å². The summed E-state index contributed by atoms with van der Waals surface area (Å²) in [6.45, 7) is 6.73. The standard InChI is InChI=1S/C38H36N2O5S/c1-38(2,3)31-17-15-26(16-18-31)32(21-25-11-13-27(14-12-25)37(41)39-19-20-46(42)43)33-24-36(45-40-33)29-9-6-8-28(22-29)35-23-30-7-4-5-10-34(30)44-35/h4-18,22-24,32H,19-21H2,1-3H3,(H,39,41)(H,42,43). The number of nitrogens with zero attached hydrogens (tertiary/aromatic N) is 1. The van der Waals surface area contributed by atoms with Crippen LogP contribution in [-0.4, -0.2) is 32.1 Å². The van der Waals surface area contributed by atoms with E-state index in [9.17, 15) is 9.00 Å². The number of para-hydroxylation sites is 1. The third-order valence-electron chi connectivity index (χ3n) is 8.14. The Bertz CT molecular complexity index is 1950. The number of hydrogen-bond acceptors (Lipinski definition) is 5. The van der Waals surface area contributed by atoms with Crippen LogP contribution >= 0.6 is 0 Å². The molecule has 0 saturated heterocycles. The van der Waals surface area contributed by atoms with Crippen molar-refractivity contribution in [2.45, 2.75) is 38.5 Å². The molecule has 2 atom stereocenters. The molecular formula is C38H36N2O5S. The van der Waals surface area contributed by atoms with E-state index < -0.39 is 11.1 Å². The second kappa shape index (κ2) is 13.3. The van der Waals surface area contributed by atoms with Gasteiger partial charge in [0, 0.05) is 40.6 Å². The van der Waals surface area contributed by atoms with Crippen LogP contribution in [-0.2, 0) is 22.9 Å². The predicted octanol–water partition coefficient (Wildman–Crippen LogP) is 8.38. The molecule has 2 aromatic heterocycles. The van der Waals surface area contributed by atoms with Crippen molar-refractivity contribution >= 4 is 28.0 Å². The summed E-state index contributed by atoms with van der Waals surface area (Å²) >= 11 is -1.95. The lowest BCUT2D eigenvalue weighted by Crippen LogP contribution is -2.27. The van der Waals surface area contributed by atoms with E-state index in [0.29, 0.717) is 17.7 Å². The van der Waals surface area contributed by atoms with Gasteiger partial charge in [0.2, 0.25) is 0 Å². The molecular weight excluding hydrogens is 596 g/mol. The van der Waals surface area contributed by atoms with Crippen LogP contribution in [0.5, 0.6) is 0 Å². The number of carbonyl (C=O) groups excluding carboxylic acids is 1. The van der Waals surface area contributed by atoms with Gasteiger partial charge in [-0.05, 0) is 58.9 Å². The third kappa shape index (κ3) is 7.19. The molecule has 0 bridgehead atoms. The lowest BCUT2D eigenvalue weighted by Gasteiger charge is -2.21. The number of hydrogen-bond donors (Lipinski definition) is 2. The zero-order valence-corrected chi connectivity index (χ0v) is 26.8. The maximum atomic E-state index is 12.5. The molecule has 4 aromatic carbocycles. The molecule has 1 amide bonds. The van der Waals surface area contributed by atoms with E-state index in [1.165, 1.54) is 5.56 Å². The zero-order valence-electron chi connectivity index (χ0n) is 26.0. The lowest BCUT2D eigenvalue weighted by molar-refractivity contribution is 0.0956. The van der Waals surface area contributed by atoms with E-state index in [4.69, 9.17) is 13.5 Å². The maximum Gasteiger partial charge on any atom is 0.251 e. The number of fused-ring (bicyclic) bond motifs is 1. The summed E-state index contributed by atoms with van der Waals surface area (Å²) in [4.78, 5) is 12.5. The Morgan fingerprint density at radius 1 is 0.870 bits per heavy atom. The molecule has 46 heavy (non-hydrogen) atoms.